The lowest BCUT2D eigenvalue weighted by Gasteiger charge is -2.22. The first-order valence-corrected chi connectivity index (χ1v) is 12.4. The molecule has 1 amide bonds. The molecule has 2 N–H and O–H groups in total. The van der Waals surface area contributed by atoms with Crippen molar-refractivity contribution >= 4 is 21.6 Å². The van der Waals surface area contributed by atoms with Gasteiger partial charge in [-0.05, 0) is 66.9 Å². The van der Waals surface area contributed by atoms with Gasteiger partial charge >= 0.3 is 0 Å². The Labute approximate surface area is 200 Å². The lowest BCUT2D eigenvalue weighted by molar-refractivity contribution is 0.0943. The lowest BCUT2D eigenvalue weighted by atomic mass is 9.94. The Balaban J connectivity index is 1.53. The molecule has 0 saturated heterocycles. The van der Waals surface area contributed by atoms with Crippen LogP contribution in [0.4, 0.5) is 5.69 Å². The summed E-state index contributed by atoms with van der Waals surface area (Å²) in [4.78, 5) is 13.3. The smallest absolute Gasteiger partial charge is 0.261 e. The topological polar surface area (TPSA) is 75.3 Å². The van der Waals surface area contributed by atoms with Crippen molar-refractivity contribution < 1.29 is 13.2 Å². The summed E-state index contributed by atoms with van der Waals surface area (Å²) >= 11 is 0. The number of rotatable bonds is 7. The van der Waals surface area contributed by atoms with Crippen LogP contribution in [0, 0.1) is 13.8 Å². The predicted octanol–water partition coefficient (Wildman–Crippen LogP) is 5.62. The van der Waals surface area contributed by atoms with Gasteiger partial charge < -0.3 is 5.32 Å². The normalized spacial score (nSPS) is 12.1. The first-order valence-electron chi connectivity index (χ1n) is 10.9. The number of carbonyl (C=O) groups is 1. The second-order valence-corrected chi connectivity index (χ2v) is 9.85. The van der Waals surface area contributed by atoms with Gasteiger partial charge in [0.05, 0.1) is 10.9 Å². The highest BCUT2D eigenvalue weighted by Gasteiger charge is 2.20. The number of anilines is 1. The minimum absolute atomic E-state index is 0.184. The number of hydrogen-bond acceptors (Lipinski definition) is 3. The number of nitrogens with one attached hydrogen (secondary N) is 2. The quantitative estimate of drug-likeness (QED) is 0.368. The maximum atomic E-state index is 13.1. The highest BCUT2D eigenvalue weighted by Crippen LogP contribution is 2.25. The average Bonchev–Trinajstić information content (AvgIpc) is 2.84. The van der Waals surface area contributed by atoms with Crippen molar-refractivity contribution in [2.45, 2.75) is 24.8 Å². The van der Waals surface area contributed by atoms with Crippen molar-refractivity contribution in [2.75, 3.05) is 4.72 Å². The van der Waals surface area contributed by atoms with E-state index in [1.807, 2.05) is 68.4 Å². The van der Waals surface area contributed by atoms with E-state index in [9.17, 15) is 13.2 Å². The molecule has 34 heavy (non-hydrogen) atoms. The molecular weight excluding hydrogens is 444 g/mol. The number of amides is 1. The van der Waals surface area contributed by atoms with E-state index in [0.717, 1.165) is 22.3 Å². The Kier molecular flexibility index (Phi) is 6.80. The molecule has 0 bridgehead atoms. The van der Waals surface area contributed by atoms with Crippen LogP contribution in [0.25, 0.3) is 0 Å². The minimum atomic E-state index is -3.71. The van der Waals surface area contributed by atoms with Gasteiger partial charge in [0.2, 0.25) is 0 Å². The van der Waals surface area contributed by atoms with Gasteiger partial charge in [0, 0.05) is 11.3 Å². The SMILES string of the molecule is Cc1ccc(S(=O)(=O)Nc2ccc(C(=O)N[C@H](c3ccccc3)c3ccccc3C)cc2)cc1. The molecule has 0 aromatic heterocycles. The average molecular weight is 471 g/mol. The van der Waals surface area contributed by atoms with Gasteiger partial charge in [-0.1, -0.05) is 72.3 Å². The lowest BCUT2D eigenvalue weighted by Crippen LogP contribution is -2.29. The summed E-state index contributed by atoms with van der Waals surface area (Å²) in [5, 5.41) is 3.13. The molecule has 0 aliphatic rings. The van der Waals surface area contributed by atoms with Gasteiger partial charge in [-0.3, -0.25) is 9.52 Å². The Morgan fingerprint density at radius 2 is 1.35 bits per heavy atom. The van der Waals surface area contributed by atoms with Crippen LogP contribution in [0.3, 0.4) is 0 Å². The fourth-order valence-electron chi connectivity index (χ4n) is 3.73. The Morgan fingerprint density at radius 3 is 2.00 bits per heavy atom. The van der Waals surface area contributed by atoms with Gasteiger partial charge in [0.1, 0.15) is 0 Å². The molecule has 0 fully saturated rings. The molecule has 0 radical (unpaired) electrons. The van der Waals surface area contributed by atoms with Crippen molar-refractivity contribution in [3.8, 4) is 0 Å². The minimum Gasteiger partial charge on any atom is -0.341 e. The van der Waals surface area contributed by atoms with Gasteiger partial charge in [0.15, 0.2) is 0 Å². The molecule has 0 saturated carbocycles. The maximum absolute atomic E-state index is 13.1. The van der Waals surface area contributed by atoms with Crippen LogP contribution in [-0.4, -0.2) is 14.3 Å². The fourth-order valence-corrected chi connectivity index (χ4v) is 4.79. The Hall–Kier alpha value is -3.90. The van der Waals surface area contributed by atoms with Crippen LogP contribution in [0.2, 0.25) is 0 Å². The Morgan fingerprint density at radius 1 is 0.735 bits per heavy atom. The zero-order valence-corrected chi connectivity index (χ0v) is 19.8. The zero-order valence-electron chi connectivity index (χ0n) is 19.0. The molecule has 4 aromatic carbocycles. The number of aryl methyl sites for hydroxylation is 2. The van der Waals surface area contributed by atoms with Gasteiger partial charge in [-0.15, -0.1) is 0 Å². The van der Waals surface area contributed by atoms with Crippen molar-refractivity contribution in [2.24, 2.45) is 0 Å². The predicted molar refractivity (Wildman–Crippen MR) is 135 cm³/mol. The van der Waals surface area contributed by atoms with Crippen molar-refractivity contribution in [1.82, 2.24) is 5.32 Å². The van der Waals surface area contributed by atoms with Crippen LogP contribution < -0.4 is 10.0 Å². The first kappa shape index (κ1) is 23.3. The van der Waals surface area contributed by atoms with E-state index in [1.54, 1.807) is 48.5 Å². The zero-order chi connectivity index (χ0) is 24.1. The summed E-state index contributed by atoms with van der Waals surface area (Å²) in [6, 6.07) is 30.5. The third-order valence-electron chi connectivity index (χ3n) is 5.64. The molecule has 6 heteroatoms. The molecule has 1 atom stereocenters. The van der Waals surface area contributed by atoms with Crippen LogP contribution >= 0.6 is 0 Å². The number of sulfonamides is 1. The van der Waals surface area contributed by atoms with Crippen LogP contribution in [0.15, 0.2) is 108 Å². The van der Waals surface area contributed by atoms with Crippen LogP contribution in [0.5, 0.6) is 0 Å². The summed E-state index contributed by atoms with van der Waals surface area (Å²) in [5.74, 6) is -0.245. The van der Waals surface area contributed by atoms with E-state index in [2.05, 4.69) is 10.0 Å². The molecular formula is C28H26N2O3S. The molecule has 0 unspecified atom stereocenters. The molecule has 0 aliphatic heterocycles. The van der Waals surface area contributed by atoms with E-state index >= 15 is 0 Å². The third kappa shape index (κ3) is 5.35. The van der Waals surface area contributed by atoms with E-state index in [-0.39, 0.29) is 16.8 Å². The van der Waals surface area contributed by atoms with Crippen molar-refractivity contribution in [1.29, 1.82) is 0 Å². The van der Waals surface area contributed by atoms with Crippen molar-refractivity contribution in [3.05, 3.63) is 131 Å². The van der Waals surface area contributed by atoms with E-state index in [1.165, 1.54) is 0 Å². The van der Waals surface area contributed by atoms with Crippen molar-refractivity contribution in [3.63, 3.8) is 0 Å². The number of benzene rings is 4. The number of hydrogen-bond donors (Lipinski definition) is 2. The maximum Gasteiger partial charge on any atom is 0.261 e. The standard InChI is InChI=1S/C28H26N2O3S/c1-20-12-18-25(19-13-20)34(32,33)30-24-16-14-23(15-17-24)28(31)29-27(22-9-4-3-5-10-22)26-11-7-6-8-21(26)2/h3-19,27,30H,1-2H3,(H,29,31)/t27-/m1/s1. The molecule has 0 spiro atoms. The van der Waals surface area contributed by atoms with E-state index < -0.39 is 10.0 Å². The second kappa shape index (κ2) is 9.93. The van der Waals surface area contributed by atoms with E-state index in [4.69, 9.17) is 0 Å². The largest absolute Gasteiger partial charge is 0.341 e. The molecule has 0 heterocycles. The summed E-state index contributed by atoms with van der Waals surface area (Å²) in [6.45, 7) is 3.92. The summed E-state index contributed by atoms with van der Waals surface area (Å²) < 4.78 is 27.8. The Bertz CT molecular complexity index is 1380. The highest BCUT2D eigenvalue weighted by molar-refractivity contribution is 7.92. The molecule has 4 aromatic rings. The van der Waals surface area contributed by atoms with Crippen LogP contribution in [-0.2, 0) is 10.0 Å². The summed E-state index contributed by atoms with van der Waals surface area (Å²) in [5.41, 5.74) is 4.88. The molecule has 0 aliphatic carbocycles. The van der Waals surface area contributed by atoms with Crippen LogP contribution in [0.1, 0.15) is 38.7 Å². The highest BCUT2D eigenvalue weighted by atomic mass is 32.2. The number of carbonyl (C=O) groups excluding carboxylic acids is 1. The second-order valence-electron chi connectivity index (χ2n) is 8.17. The summed E-state index contributed by atoms with van der Waals surface area (Å²) in [7, 11) is -3.71. The van der Waals surface area contributed by atoms with Gasteiger partial charge in [-0.2, -0.15) is 0 Å². The summed E-state index contributed by atoms with van der Waals surface area (Å²) in [6.07, 6.45) is 0. The molecule has 172 valence electrons. The fraction of sp³-hybridized carbons (Fsp3) is 0.107. The van der Waals surface area contributed by atoms with Gasteiger partial charge in [0.25, 0.3) is 15.9 Å². The molecule has 5 nitrogen and oxygen atoms in total. The third-order valence-corrected chi connectivity index (χ3v) is 7.04. The van der Waals surface area contributed by atoms with E-state index in [0.29, 0.717) is 11.3 Å². The first-order chi connectivity index (χ1) is 16.3. The van der Waals surface area contributed by atoms with Gasteiger partial charge in [-0.25, -0.2) is 8.42 Å². The monoisotopic (exact) mass is 470 g/mol. The molecule has 4 rings (SSSR count).